The molecular formula is C11H10ClN5O. The van der Waals surface area contributed by atoms with Crippen molar-refractivity contribution in [2.45, 2.75) is 0 Å². The van der Waals surface area contributed by atoms with Crippen LogP contribution in [0.4, 0.5) is 11.5 Å². The lowest BCUT2D eigenvalue weighted by Crippen LogP contribution is -2.18. The predicted octanol–water partition coefficient (Wildman–Crippen LogP) is 1.67. The molecule has 0 bridgehead atoms. The Kier molecular flexibility index (Phi) is 3.71. The van der Waals surface area contributed by atoms with Crippen LogP contribution in [0.3, 0.4) is 0 Å². The van der Waals surface area contributed by atoms with Gasteiger partial charge in [0.05, 0.1) is 16.3 Å². The van der Waals surface area contributed by atoms with Crippen LogP contribution in [0.15, 0.2) is 36.8 Å². The number of carbonyl (C=O) groups is 1. The second kappa shape index (κ2) is 5.44. The Morgan fingerprint density at radius 3 is 2.89 bits per heavy atom. The molecule has 0 aromatic carbocycles. The number of rotatable bonds is 3. The quantitative estimate of drug-likeness (QED) is 0.579. The van der Waals surface area contributed by atoms with Crippen LogP contribution in [0.2, 0.25) is 5.02 Å². The van der Waals surface area contributed by atoms with E-state index in [0.29, 0.717) is 16.3 Å². The van der Waals surface area contributed by atoms with Crippen LogP contribution < -0.4 is 16.6 Å². The van der Waals surface area contributed by atoms with Gasteiger partial charge < -0.3 is 10.7 Å². The van der Waals surface area contributed by atoms with Crippen molar-refractivity contribution < 1.29 is 4.79 Å². The number of aromatic nitrogens is 2. The number of amides is 1. The molecule has 0 saturated heterocycles. The maximum atomic E-state index is 12.0. The van der Waals surface area contributed by atoms with Gasteiger partial charge in [-0.25, -0.2) is 4.98 Å². The van der Waals surface area contributed by atoms with Crippen molar-refractivity contribution in [2.24, 2.45) is 5.84 Å². The van der Waals surface area contributed by atoms with Crippen molar-refractivity contribution in [2.75, 3.05) is 10.7 Å². The highest BCUT2D eigenvalue weighted by atomic mass is 35.5. The Bertz CT molecular complexity index is 575. The van der Waals surface area contributed by atoms with Crippen LogP contribution in [-0.2, 0) is 0 Å². The molecule has 0 aliphatic carbocycles. The number of nitrogens with one attached hydrogen (secondary N) is 2. The Morgan fingerprint density at radius 2 is 2.17 bits per heavy atom. The molecule has 0 spiro atoms. The van der Waals surface area contributed by atoms with Crippen LogP contribution in [0.1, 0.15) is 10.4 Å². The van der Waals surface area contributed by atoms with Gasteiger partial charge in [-0.3, -0.25) is 15.6 Å². The van der Waals surface area contributed by atoms with Gasteiger partial charge in [0.1, 0.15) is 0 Å². The average molecular weight is 264 g/mol. The molecule has 0 aliphatic heterocycles. The minimum Gasteiger partial charge on any atom is -0.323 e. The summed E-state index contributed by atoms with van der Waals surface area (Å²) in [7, 11) is 0. The number of nitrogen functional groups attached to an aromatic ring is 1. The third kappa shape index (κ3) is 2.55. The molecule has 0 aliphatic rings. The number of pyridine rings is 2. The first-order chi connectivity index (χ1) is 8.72. The molecule has 0 atom stereocenters. The van der Waals surface area contributed by atoms with E-state index in [0.717, 1.165) is 0 Å². The molecule has 2 aromatic rings. The summed E-state index contributed by atoms with van der Waals surface area (Å²) >= 11 is 5.90. The van der Waals surface area contributed by atoms with Gasteiger partial charge in [0.25, 0.3) is 5.91 Å². The number of hydrogen-bond donors (Lipinski definition) is 3. The van der Waals surface area contributed by atoms with Gasteiger partial charge in [-0.2, -0.15) is 0 Å². The van der Waals surface area contributed by atoms with Crippen LogP contribution in [-0.4, -0.2) is 15.9 Å². The van der Waals surface area contributed by atoms with E-state index >= 15 is 0 Å². The first-order valence-electron chi connectivity index (χ1n) is 5.05. The Hall–Kier alpha value is -2.18. The smallest absolute Gasteiger partial charge is 0.260 e. The summed E-state index contributed by atoms with van der Waals surface area (Å²) in [6.07, 6.45) is 4.47. The average Bonchev–Trinajstić information content (AvgIpc) is 2.41. The van der Waals surface area contributed by atoms with E-state index in [1.807, 2.05) is 0 Å². The van der Waals surface area contributed by atoms with Crippen molar-refractivity contribution in [3.05, 3.63) is 47.4 Å². The number of nitrogens with two attached hydrogens (primary N) is 1. The second-order valence-corrected chi connectivity index (χ2v) is 3.76. The van der Waals surface area contributed by atoms with Crippen molar-refractivity contribution in [3.63, 3.8) is 0 Å². The number of hydrogen-bond acceptors (Lipinski definition) is 5. The number of hydrazine groups is 1. The summed E-state index contributed by atoms with van der Waals surface area (Å²) in [6.45, 7) is 0. The molecule has 2 aromatic heterocycles. The third-order valence-corrected chi connectivity index (χ3v) is 2.52. The molecule has 18 heavy (non-hydrogen) atoms. The molecule has 7 heteroatoms. The fourth-order valence-electron chi connectivity index (χ4n) is 1.35. The van der Waals surface area contributed by atoms with Crippen molar-refractivity contribution in [1.29, 1.82) is 0 Å². The number of carbonyl (C=O) groups excluding carboxylic acids is 1. The highest BCUT2D eigenvalue weighted by Gasteiger charge is 2.13. The summed E-state index contributed by atoms with van der Waals surface area (Å²) < 4.78 is 0. The fraction of sp³-hybridized carbons (Fsp3) is 0. The molecule has 0 unspecified atom stereocenters. The summed E-state index contributed by atoms with van der Waals surface area (Å²) in [6, 6.07) is 4.90. The summed E-state index contributed by atoms with van der Waals surface area (Å²) in [4.78, 5) is 19.8. The van der Waals surface area contributed by atoms with Gasteiger partial charge in [-0.15, -0.1) is 0 Å². The highest BCUT2D eigenvalue weighted by Crippen LogP contribution is 2.19. The number of nitrogens with zero attached hydrogens (tertiary/aromatic N) is 2. The summed E-state index contributed by atoms with van der Waals surface area (Å²) in [5.74, 6) is 5.21. The molecule has 92 valence electrons. The van der Waals surface area contributed by atoms with Gasteiger partial charge >= 0.3 is 0 Å². The lowest BCUT2D eigenvalue weighted by Gasteiger charge is -2.09. The van der Waals surface area contributed by atoms with Gasteiger partial charge in [-0.05, 0) is 18.2 Å². The minimum atomic E-state index is -0.392. The molecule has 0 saturated carbocycles. The van der Waals surface area contributed by atoms with Crippen LogP contribution in [0.25, 0.3) is 0 Å². The lowest BCUT2D eigenvalue weighted by atomic mass is 10.2. The molecule has 4 N–H and O–H groups in total. The first-order valence-corrected chi connectivity index (χ1v) is 5.42. The van der Waals surface area contributed by atoms with Gasteiger partial charge in [0.2, 0.25) is 0 Å². The molecule has 0 radical (unpaired) electrons. The standard InChI is InChI=1S/C11H10ClN5O/c12-8-2-1-4-15-10(8)16-11(18)7-6-14-5-3-9(7)17-13/h1-6H,13H2,(H,14,17)(H,15,16,18). The van der Waals surface area contributed by atoms with E-state index in [2.05, 4.69) is 20.7 Å². The predicted molar refractivity (Wildman–Crippen MR) is 69.2 cm³/mol. The molecular weight excluding hydrogens is 254 g/mol. The Labute approximate surface area is 108 Å². The van der Waals surface area contributed by atoms with Crippen LogP contribution >= 0.6 is 11.6 Å². The van der Waals surface area contributed by atoms with E-state index in [9.17, 15) is 4.79 Å². The van der Waals surface area contributed by atoms with Gasteiger partial charge in [-0.1, -0.05) is 11.6 Å². The second-order valence-electron chi connectivity index (χ2n) is 3.35. The number of halogens is 1. The normalized spacial score (nSPS) is 9.89. The van der Waals surface area contributed by atoms with Crippen molar-refractivity contribution >= 4 is 29.0 Å². The Balaban J connectivity index is 2.25. The first kappa shape index (κ1) is 12.3. The zero-order valence-corrected chi connectivity index (χ0v) is 9.98. The minimum absolute atomic E-state index is 0.288. The lowest BCUT2D eigenvalue weighted by molar-refractivity contribution is 0.102. The van der Waals surface area contributed by atoms with E-state index in [-0.39, 0.29) is 5.82 Å². The fourth-order valence-corrected chi connectivity index (χ4v) is 1.52. The molecule has 1 amide bonds. The third-order valence-electron chi connectivity index (χ3n) is 2.21. The Morgan fingerprint density at radius 1 is 1.33 bits per heavy atom. The van der Waals surface area contributed by atoms with Gasteiger partial charge in [0, 0.05) is 18.6 Å². The zero-order chi connectivity index (χ0) is 13.0. The molecule has 2 rings (SSSR count). The largest absolute Gasteiger partial charge is 0.323 e. The van der Waals surface area contributed by atoms with E-state index < -0.39 is 5.91 Å². The van der Waals surface area contributed by atoms with E-state index in [4.69, 9.17) is 17.4 Å². The summed E-state index contributed by atoms with van der Waals surface area (Å²) in [5, 5.41) is 2.94. The van der Waals surface area contributed by atoms with E-state index in [1.165, 1.54) is 18.6 Å². The van der Waals surface area contributed by atoms with Crippen LogP contribution in [0.5, 0.6) is 0 Å². The van der Waals surface area contributed by atoms with Crippen molar-refractivity contribution in [3.8, 4) is 0 Å². The van der Waals surface area contributed by atoms with Crippen LogP contribution in [0, 0.1) is 0 Å². The number of anilines is 2. The van der Waals surface area contributed by atoms with E-state index in [1.54, 1.807) is 18.2 Å². The molecule has 2 heterocycles. The van der Waals surface area contributed by atoms with Crippen molar-refractivity contribution in [1.82, 2.24) is 9.97 Å². The maximum Gasteiger partial charge on any atom is 0.260 e. The highest BCUT2D eigenvalue weighted by molar-refractivity contribution is 6.33. The topological polar surface area (TPSA) is 92.9 Å². The SMILES string of the molecule is NNc1ccncc1C(=O)Nc1ncccc1Cl. The molecule has 6 nitrogen and oxygen atoms in total. The zero-order valence-electron chi connectivity index (χ0n) is 9.22. The molecule has 0 fully saturated rings. The summed E-state index contributed by atoms with van der Waals surface area (Å²) in [5.41, 5.74) is 3.20. The maximum absolute atomic E-state index is 12.0. The monoisotopic (exact) mass is 263 g/mol. The van der Waals surface area contributed by atoms with Gasteiger partial charge in [0.15, 0.2) is 5.82 Å².